The van der Waals surface area contributed by atoms with Gasteiger partial charge < -0.3 is 10.4 Å². The van der Waals surface area contributed by atoms with Crippen LogP contribution in [0.4, 0.5) is 5.82 Å². The van der Waals surface area contributed by atoms with Crippen LogP contribution < -0.4 is 5.32 Å². The van der Waals surface area contributed by atoms with E-state index in [0.717, 1.165) is 27.3 Å². The van der Waals surface area contributed by atoms with E-state index >= 15 is 0 Å². The lowest BCUT2D eigenvalue weighted by molar-refractivity contribution is 0.472. The molecule has 3 aromatic heterocycles. The van der Waals surface area contributed by atoms with E-state index < -0.39 is 0 Å². The molecule has 5 heteroatoms. The van der Waals surface area contributed by atoms with Crippen molar-refractivity contribution in [3.8, 4) is 5.75 Å². The highest BCUT2D eigenvalue weighted by Gasteiger charge is 2.21. The summed E-state index contributed by atoms with van der Waals surface area (Å²) in [6.07, 6.45) is 1.75. The number of aromatic hydroxyl groups is 1. The van der Waals surface area contributed by atoms with Crippen LogP contribution in [0.25, 0.3) is 10.9 Å². The first-order valence-electron chi connectivity index (χ1n) is 8.02. The number of hydrogen-bond acceptors (Lipinski definition) is 5. The molecule has 0 bridgehead atoms. The van der Waals surface area contributed by atoms with E-state index in [0.29, 0.717) is 5.52 Å². The second-order valence-electron chi connectivity index (χ2n) is 5.84. The number of benzene rings is 1. The van der Waals surface area contributed by atoms with Gasteiger partial charge in [-0.15, -0.1) is 11.3 Å². The van der Waals surface area contributed by atoms with Crippen molar-refractivity contribution in [1.29, 1.82) is 0 Å². The van der Waals surface area contributed by atoms with E-state index in [2.05, 4.69) is 21.4 Å². The predicted octanol–water partition coefficient (Wildman–Crippen LogP) is 4.91. The average molecular weight is 347 g/mol. The third-order valence-electron chi connectivity index (χ3n) is 4.10. The number of nitrogens with zero attached hydrogens (tertiary/aromatic N) is 2. The summed E-state index contributed by atoms with van der Waals surface area (Å²) in [6, 6.07) is 17.5. The lowest BCUT2D eigenvalue weighted by Crippen LogP contribution is -2.12. The minimum absolute atomic E-state index is 0.193. The minimum atomic E-state index is -0.193. The molecule has 1 atom stereocenters. The SMILES string of the molecule is Cc1ccc2ccc([C@H](Nc3ccccn3)c3cccs3)c(O)c2n1. The number of fused-ring (bicyclic) bond motifs is 1. The molecule has 0 fully saturated rings. The number of aromatic nitrogens is 2. The molecule has 1 aromatic carbocycles. The van der Waals surface area contributed by atoms with Gasteiger partial charge in [0.15, 0.2) is 0 Å². The fourth-order valence-corrected chi connectivity index (χ4v) is 3.67. The fraction of sp³-hybridized carbons (Fsp3) is 0.100. The standard InChI is InChI=1S/C20H17N3OS/c1-13-7-8-14-9-10-15(20(24)18(14)22-13)19(16-5-4-12-25-16)23-17-6-2-3-11-21-17/h2-12,19,24H,1H3,(H,21,23)/t19-/m0/s1. The molecule has 124 valence electrons. The van der Waals surface area contributed by atoms with Crippen LogP contribution in [0.3, 0.4) is 0 Å². The first kappa shape index (κ1) is 15.6. The number of phenols is 1. The molecule has 0 aliphatic carbocycles. The molecule has 0 aliphatic heterocycles. The van der Waals surface area contributed by atoms with Gasteiger partial charge >= 0.3 is 0 Å². The minimum Gasteiger partial charge on any atom is -0.505 e. The van der Waals surface area contributed by atoms with Gasteiger partial charge in [-0.1, -0.05) is 30.3 Å². The summed E-state index contributed by atoms with van der Waals surface area (Å²) >= 11 is 1.64. The largest absolute Gasteiger partial charge is 0.505 e. The number of nitrogens with one attached hydrogen (secondary N) is 1. The zero-order valence-corrected chi connectivity index (χ0v) is 14.5. The van der Waals surface area contributed by atoms with Gasteiger partial charge in [0.05, 0.1) is 6.04 Å². The van der Waals surface area contributed by atoms with Crippen LogP contribution in [0.5, 0.6) is 5.75 Å². The summed E-state index contributed by atoms with van der Waals surface area (Å²) < 4.78 is 0. The van der Waals surface area contributed by atoms with Crippen LogP contribution in [-0.4, -0.2) is 15.1 Å². The number of hydrogen-bond donors (Lipinski definition) is 2. The molecule has 3 heterocycles. The van der Waals surface area contributed by atoms with E-state index in [1.165, 1.54) is 0 Å². The fourth-order valence-electron chi connectivity index (χ4n) is 2.87. The van der Waals surface area contributed by atoms with E-state index in [9.17, 15) is 5.11 Å². The van der Waals surface area contributed by atoms with E-state index in [1.54, 1.807) is 17.5 Å². The van der Waals surface area contributed by atoms with Crippen LogP contribution in [0, 0.1) is 6.92 Å². The third-order valence-corrected chi connectivity index (χ3v) is 5.04. The summed E-state index contributed by atoms with van der Waals surface area (Å²) in [5.74, 6) is 0.973. The van der Waals surface area contributed by atoms with E-state index in [1.807, 2.05) is 60.8 Å². The molecular weight excluding hydrogens is 330 g/mol. The monoisotopic (exact) mass is 347 g/mol. The van der Waals surface area contributed by atoms with Gasteiger partial charge in [-0.05, 0) is 36.6 Å². The Balaban J connectivity index is 1.84. The molecule has 0 unspecified atom stereocenters. The molecule has 0 saturated carbocycles. The van der Waals surface area contributed by atoms with Gasteiger partial charge in [-0.25, -0.2) is 9.97 Å². The molecule has 2 N–H and O–H groups in total. The maximum Gasteiger partial charge on any atom is 0.147 e. The van der Waals surface area contributed by atoms with Crippen LogP contribution in [-0.2, 0) is 0 Å². The topological polar surface area (TPSA) is 58.0 Å². The highest BCUT2D eigenvalue weighted by atomic mass is 32.1. The molecule has 0 radical (unpaired) electrons. The van der Waals surface area contributed by atoms with Crippen molar-refractivity contribution in [2.24, 2.45) is 0 Å². The summed E-state index contributed by atoms with van der Waals surface area (Å²) in [7, 11) is 0. The second kappa shape index (κ2) is 6.53. The second-order valence-corrected chi connectivity index (χ2v) is 6.81. The smallest absolute Gasteiger partial charge is 0.147 e. The lowest BCUT2D eigenvalue weighted by Gasteiger charge is -2.20. The highest BCUT2D eigenvalue weighted by Crippen LogP contribution is 2.37. The maximum absolute atomic E-state index is 10.9. The Kier molecular flexibility index (Phi) is 4.07. The van der Waals surface area contributed by atoms with Crippen LogP contribution in [0.1, 0.15) is 22.2 Å². The van der Waals surface area contributed by atoms with Crippen molar-refractivity contribution < 1.29 is 5.11 Å². The highest BCUT2D eigenvalue weighted by molar-refractivity contribution is 7.10. The summed E-state index contributed by atoms with van der Waals surface area (Å²) in [5, 5.41) is 17.3. The zero-order chi connectivity index (χ0) is 17.2. The van der Waals surface area contributed by atoms with Crippen molar-refractivity contribution >= 4 is 28.1 Å². The summed E-state index contributed by atoms with van der Waals surface area (Å²) in [4.78, 5) is 9.98. The van der Waals surface area contributed by atoms with Crippen LogP contribution in [0.15, 0.2) is 66.2 Å². The number of aryl methyl sites for hydroxylation is 1. The van der Waals surface area contributed by atoms with Gasteiger partial charge in [0, 0.05) is 27.7 Å². The van der Waals surface area contributed by atoms with Crippen molar-refractivity contribution in [2.45, 2.75) is 13.0 Å². The Bertz CT molecular complexity index is 1000. The number of thiophene rings is 1. The summed E-state index contributed by atoms with van der Waals surface area (Å²) in [5.41, 5.74) is 2.30. The maximum atomic E-state index is 10.9. The molecule has 0 aliphatic rings. The number of pyridine rings is 2. The normalized spacial score (nSPS) is 12.2. The van der Waals surface area contributed by atoms with Gasteiger partial charge in [0.1, 0.15) is 17.1 Å². The van der Waals surface area contributed by atoms with Crippen molar-refractivity contribution in [3.63, 3.8) is 0 Å². The molecule has 4 aromatic rings. The summed E-state index contributed by atoms with van der Waals surface area (Å²) in [6.45, 7) is 1.93. The molecule has 25 heavy (non-hydrogen) atoms. The molecule has 0 saturated heterocycles. The van der Waals surface area contributed by atoms with E-state index in [-0.39, 0.29) is 11.8 Å². The van der Waals surface area contributed by atoms with Crippen molar-refractivity contribution in [1.82, 2.24) is 9.97 Å². The first-order valence-corrected chi connectivity index (χ1v) is 8.90. The quantitative estimate of drug-likeness (QED) is 0.551. The molecule has 4 rings (SSSR count). The first-order chi connectivity index (χ1) is 12.2. The Morgan fingerprint density at radius 3 is 2.68 bits per heavy atom. The molecular formula is C20H17N3OS. The van der Waals surface area contributed by atoms with Crippen LogP contribution >= 0.6 is 11.3 Å². The third kappa shape index (κ3) is 3.06. The molecule has 0 spiro atoms. The van der Waals surface area contributed by atoms with E-state index in [4.69, 9.17) is 0 Å². The Hall–Kier alpha value is -2.92. The molecule has 4 nitrogen and oxygen atoms in total. The Morgan fingerprint density at radius 2 is 1.92 bits per heavy atom. The molecule has 0 amide bonds. The van der Waals surface area contributed by atoms with Gasteiger partial charge in [-0.3, -0.25) is 0 Å². The van der Waals surface area contributed by atoms with Crippen molar-refractivity contribution in [3.05, 3.63) is 82.3 Å². The number of anilines is 1. The van der Waals surface area contributed by atoms with Gasteiger partial charge in [0.25, 0.3) is 0 Å². The van der Waals surface area contributed by atoms with Gasteiger partial charge in [0.2, 0.25) is 0 Å². The number of phenolic OH excluding ortho intramolecular Hbond substituents is 1. The average Bonchev–Trinajstić information content (AvgIpc) is 3.16. The number of rotatable bonds is 4. The Labute approximate surface area is 149 Å². The van der Waals surface area contributed by atoms with Crippen molar-refractivity contribution in [2.75, 3.05) is 5.32 Å². The van der Waals surface area contributed by atoms with Crippen LogP contribution in [0.2, 0.25) is 0 Å². The zero-order valence-electron chi connectivity index (χ0n) is 13.7. The van der Waals surface area contributed by atoms with Gasteiger partial charge in [-0.2, -0.15) is 0 Å². The Morgan fingerprint density at radius 1 is 1.04 bits per heavy atom. The predicted molar refractivity (Wildman–Crippen MR) is 102 cm³/mol. The lowest BCUT2D eigenvalue weighted by atomic mass is 10.0.